The van der Waals surface area contributed by atoms with Crippen molar-refractivity contribution >= 4 is 33.8 Å². The number of carbonyl (C=O) groups is 2. The van der Waals surface area contributed by atoms with Crippen molar-refractivity contribution in [1.82, 2.24) is 9.88 Å². The van der Waals surface area contributed by atoms with E-state index in [1.807, 2.05) is 48.5 Å². The Balaban J connectivity index is 1.50. The first-order valence-electron chi connectivity index (χ1n) is 8.69. The molecular formula is C21H18N2O4S. The third-order valence-electron chi connectivity index (χ3n) is 4.59. The number of ether oxygens (including phenoxy) is 2. The van der Waals surface area contributed by atoms with E-state index in [1.54, 1.807) is 13.3 Å². The van der Waals surface area contributed by atoms with Gasteiger partial charge in [-0.3, -0.25) is 19.5 Å². The van der Waals surface area contributed by atoms with Crippen molar-refractivity contribution in [3.63, 3.8) is 0 Å². The van der Waals surface area contributed by atoms with Gasteiger partial charge in [-0.2, -0.15) is 0 Å². The van der Waals surface area contributed by atoms with E-state index in [9.17, 15) is 9.59 Å². The highest BCUT2D eigenvalue weighted by molar-refractivity contribution is 8.14. The van der Waals surface area contributed by atoms with E-state index < -0.39 is 5.25 Å². The summed E-state index contributed by atoms with van der Waals surface area (Å²) in [5.41, 5.74) is 2.54. The monoisotopic (exact) mass is 394 g/mol. The van der Waals surface area contributed by atoms with Crippen LogP contribution in [0.25, 0.3) is 10.9 Å². The Labute approximate surface area is 166 Å². The van der Waals surface area contributed by atoms with Gasteiger partial charge in [0.15, 0.2) is 0 Å². The van der Waals surface area contributed by atoms with Gasteiger partial charge in [0.05, 0.1) is 12.6 Å². The molecule has 1 aliphatic heterocycles. The molecule has 28 heavy (non-hydrogen) atoms. The first kappa shape index (κ1) is 18.3. The number of pyridine rings is 1. The Kier molecular flexibility index (Phi) is 4.92. The summed E-state index contributed by atoms with van der Waals surface area (Å²) in [4.78, 5) is 29.5. The molecule has 1 saturated heterocycles. The van der Waals surface area contributed by atoms with Gasteiger partial charge in [-0.05, 0) is 53.2 Å². The Morgan fingerprint density at radius 1 is 1.07 bits per heavy atom. The summed E-state index contributed by atoms with van der Waals surface area (Å²) in [6.45, 7) is 0.440. The molecule has 4 rings (SSSR count). The maximum absolute atomic E-state index is 12.2. The molecule has 1 fully saturated rings. The largest absolute Gasteiger partial charge is 0.497 e. The van der Waals surface area contributed by atoms with Crippen molar-refractivity contribution in [2.75, 3.05) is 14.2 Å². The molecule has 2 aromatic carbocycles. The van der Waals surface area contributed by atoms with Crippen molar-refractivity contribution in [3.05, 3.63) is 65.9 Å². The van der Waals surface area contributed by atoms with Crippen LogP contribution < -0.4 is 9.47 Å². The van der Waals surface area contributed by atoms with Crippen LogP contribution >= 0.6 is 11.8 Å². The molecular weight excluding hydrogens is 376 g/mol. The van der Waals surface area contributed by atoms with Gasteiger partial charge < -0.3 is 9.47 Å². The van der Waals surface area contributed by atoms with E-state index in [-0.39, 0.29) is 11.1 Å². The number of aromatic nitrogens is 1. The predicted molar refractivity (Wildman–Crippen MR) is 108 cm³/mol. The van der Waals surface area contributed by atoms with Crippen LogP contribution in [0.5, 0.6) is 11.5 Å². The molecule has 1 aliphatic rings. The van der Waals surface area contributed by atoms with Crippen molar-refractivity contribution < 1.29 is 19.1 Å². The van der Waals surface area contributed by atoms with Crippen LogP contribution in [0.1, 0.15) is 16.4 Å². The number of likely N-dealkylation sites (N-methyl/N-ethyl adjacent to an activating group) is 1. The number of amides is 2. The standard InChI is InChI=1S/C21H18N2O4S/c1-23-20(24)19(28-21(23)25)15-9-14-5-8-17(10-18(14)22-11-15)27-12-13-3-6-16(26-2)7-4-13/h3-11,19H,12H2,1-2H3. The fraction of sp³-hybridized carbons (Fsp3) is 0.190. The lowest BCUT2D eigenvalue weighted by molar-refractivity contribution is -0.125. The molecule has 7 heteroatoms. The average molecular weight is 394 g/mol. The Bertz CT molecular complexity index is 1050. The van der Waals surface area contributed by atoms with E-state index in [0.717, 1.165) is 44.4 Å². The van der Waals surface area contributed by atoms with Crippen LogP contribution in [0.3, 0.4) is 0 Å². The molecule has 2 amide bonds. The van der Waals surface area contributed by atoms with Gasteiger partial charge in [-0.15, -0.1) is 0 Å². The number of thioether (sulfide) groups is 1. The van der Waals surface area contributed by atoms with Crippen LogP contribution in [0.15, 0.2) is 54.7 Å². The lowest BCUT2D eigenvalue weighted by atomic mass is 10.1. The van der Waals surface area contributed by atoms with Crippen LogP contribution in [0.2, 0.25) is 0 Å². The molecule has 0 spiro atoms. The number of rotatable bonds is 5. The summed E-state index contributed by atoms with van der Waals surface area (Å²) in [6.07, 6.45) is 1.65. The van der Waals surface area contributed by atoms with E-state index in [1.165, 1.54) is 7.05 Å². The highest BCUT2D eigenvalue weighted by Gasteiger charge is 2.38. The van der Waals surface area contributed by atoms with Gasteiger partial charge in [-0.25, -0.2) is 0 Å². The Hall–Kier alpha value is -3.06. The molecule has 0 saturated carbocycles. The summed E-state index contributed by atoms with van der Waals surface area (Å²) in [7, 11) is 3.13. The quantitative estimate of drug-likeness (QED) is 0.646. The zero-order valence-electron chi connectivity index (χ0n) is 15.4. The average Bonchev–Trinajstić information content (AvgIpc) is 2.99. The fourth-order valence-electron chi connectivity index (χ4n) is 2.95. The zero-order valence-corrected chi connectivity index (χ0v) is 16.2. The Morgan fingerprint density at radius 2 is 1.82 bits per heavy atom. The number of hydrogen-bond acceptors (Lipinski definition) is 6. The molecule has 1 aromatic heterocycles. The van der Waals surface area contributed by atoms with E-state index >= 15 is 0 Å². The molecule has 0 radical (unpaired) electrons. The minimum absolute atomic E-state index is 0.212. The molecule has 1 unspecified atom stereocenters. The van der Waals surface area contributed by atoms with Crippen molar-refractivity contribution in [2.45, 2.75) is 11.9 Å². The second kappa shape index (κ2) is 7.52. The van der Waals surface area contributed by atoms with E-state index in [4.69, 9.17) is 9.47 Å². The first-order chi connectivity index (χ1) is 13.5. The van der Waals surface area contributed by atoms with Gasteiger partial charge in [0.2, 0.25) is 5.91 Å². The predicted octanol–water partition coefficient (Wildman–Crippen LogP) is 4.19. The highest BCUT2D eigenvalue weighted by atomic mass is 32.2. The summed E-state index contributed by atoms with van der Waals surface area (Å²) >= 11 is 1.02. The van der Waals surface area contributed by atoms with Gasteiger partial charge in [0.1, 0.15) is 23.4 Å². The number of nitrogens with zero attached hydrogens (tertiary/aromatic N) is 2. The molecule has 1 atom stereocenters. The van der Waals surface area contributed by atoms with Crippen LogP contribution in [0.4, 0.5) is 4.79 Å². The summed E-state index contributed by atoms with van der Waals surface area (Å²) in [6, 6.07) is 15.3. The van der Waals surface area contributed by atoms with Gasteiger partial charge in [-0.1, -0.05) is 12.1 Å². The normalized spacial score (nSPS) is 16.6. The summed E-state index contributed by atoms with van der Waals surface area (Å²) in [5, 5.41) is 0.127. The number of benzene rings is 2. The summed E-state index contributed by atoms with van der Waals surface area (Å²) in [5.74, 6) is 1.31. The minimum atomic E-state index is -0.527. The third-order valence-corrected chi connectivity index (χ3v) is 5.78. The lowest BCUT2D eigenvalue weighted by Crippen LogP contribution is -2.24. The number of imide groups is 1. The summed E-state index contributed by atoms with van der Waals surface area (Å²) < 4.78 is 11.0. The van der Waals surface area contributed by atoms with Crippen molar-refractivity contribution in [1.29, 1.82) is 0 Å². The number of methoxy groups -OCH3 is 1. The van der Waals surface area contributed by atoms with Gasteiger partial charge in [0, 0.05) is 24.7 Å². The number of hydrogen-bond donors (Lipinski definition) is 0. The first-order valence-corrected chi connectivity index (χ1v) is 9.57. The number of carbonyl (C=O) groups excluding carboxylic acids is 2. The maximum atomic E-state index is 12.2. The van der Waals surface area contributed by atoms with E-state index in [2.05, 4.69) is 4.98 Å². The molecule has 0 aliphatic carbocycles. The van der Waals surface area contributed by atoms with E-state index in [0.29, 0.717) is 12.4 Å². The molecule has 142 valence electrons. The fourth-order valence-corrected chi connectivity index (χ4v) is 3.92. The second-order valence-corrected chi connectivity index (χ2v) is 7.48. The lowest BCUT2D eigenvalue weighted by Gasteiger charge is -2.10. The molecule has 6 nitrogen and oxygen atoms in total. The van der Waals surface area contributed by atoms with Gasteiger partial charge >= 0.3 is 0 Å². The van der Waals surface area contributed by atoms with Crippen LogP contribution in [-0.2, 0) is 11.4 Å². The van der Waals surface area contributed by atoms with Crippen molar-refractivity contribution in [3.8, 4) is 11.5 Å². The van der Waals surface area contributed by atoms with Gasteiger partial charge in [0.25, 0.3) is 5.24 Å². The smallest absolute Gasteiger partial charge is 0.289 e. The molecule has 2 heterocycles. The maximum Gasteiger partial charge on any atom is 0.289 e. The SMILES string of the molecule is COc1ccc(COc2ccc3cc(C4SC(=O)N(C)C4=O)cnc3c2)cc1. The topological polar surface area (TPSA) is 68.7 Å². The molecule has 0 bridgehead atoms. The molecule has 0 N–H and O–H groups in total. The number of fused-ring (bicyclic) bond motifs is 1. The Morgan fingerprint density at radius 3 is 2.50 bits per heavy atom. The van der Waals surface area contributed by atoms with Crippen LogP contribution in [0, 0.1) is 0 Å². The second-order valence-electron chi connectivity index (χ2n) is 6.42. The zero-order chi connectivity index (χ0) is 19.7. The third kappa shape index (κ3) is 3.53. The highest BCUT2D eigenvalue weighted by Crippen LogP contribution is 2.39. The van der Waals surface area contributed by atoms with Crippen molar-refractivity contribution in [2.24, 2.45) is 0 Å². The molecule has 3 aromatic rings. The minimum Gasteiger partial charge on any atom is -0.497 e. The van der Waals surface area contributed by atoms with Crippen LogP contribution in [-0.4, -0.2) is 35.2 Å².